The van der Waals surface area contributed by atoms with Crippen molar-refractivity contribution in [1.29, 1.82) is 0 Å². The zero-order valence-corrected chi connectivity index (χ0v) is 11.4. The highest BCUT2D eigenvalue weighted by atomic mass is 16.5. The highest BCUT2D eigenvalue weighted by molar-refractivity contribution is 5.85. The number of hydrogen-bond donors (Lipinski definition) is 1. The normalized spacial score (nSPS) is 18.9. The second-order valence-corrected chi connectivity index (χ2v) is 5.27. The first kappa shape index (κ1) is 12.4. The lowest BCUT2D eigenvalue weighted by molar-refractivity contribution is 0.286. The van der Waals surface area contributed by atoms with Crippen molar-refractivity contribution in [2.75, 3.05) is 19.7 Å². The summed E-state index contributed by atoms with van der Waals surface area (Å²) in [5.74, 6) is 1.74. The standard InChI is InChI=1S/C16H20N2O/c1-12-10-16(14-4-2-3-5-15(14)18-12)19-9-7-13-6-8-17-11-13/h2-5,10,13,17H,6-9,11H2,1H3. The molecule has 1 aliphatic rings. The van der Waals surface area contributed by atoms with E-state index in [1.54, 1.807) is 0 Å². The van der Waals surface area contributed by atoms with E-state index < -0.39 is 0 Å². The number of nitrogens with zero attached hydrogens (tertiary/aromatic N) is 1. The van der Waals surface area contributed by atoms with Crippen LogP contribution >= 0.6 is 0 Å². The van der Waals surface area contributed by atoms with E-state index in [1.807, 2.05) is 31.2 Å². The molecule has 1 N–H and O–H groups in total. The van der Waals surface area contributed by atoms with E-state index in [0.717, 1.165) is 54.4 Å². The van der Waals surface area contributed by atoms with E-state index in [1.165, 1.54) is 6.42 Å². The minimum absolute atomic E-state index is 0.772. The number of benzene rings is 1. The Morgan fingerprint density at radius 3 is 3.11 bits per heavy atom. The Bertz CT molecular complexity index is 562. The summed E-state index contributed by atoms with van der Waals surface area (Å²) < 4.78 is 5.99. The van der Waals surface area contributed by atoms with Crippen molar-refractivity contribution >= 4 is 10.9 Å². The van der Waals surface area contributed by atoms with Gasteiger partial charge in [0.05, 0.1) is 12.1 Å². The Hall–Kier alpha value is -1.61. The second kappa shape index (κ2) is 5.57. The zero-order valence-electron chi connectivity index (χ0n) is 11.4. The minimum Gasteiger partial charge on any atom is -0.493 e. The van der Waals surface area contributed by atoms with Crippen molar-refractivity contribution in [3.63, 3.8) is 0 Å². The molecule has 1 aromatic carbocycles. The fourth-order valence-corrected chi connectivity index (χ4v) is 2.69. The van der Waals surface area contributed by atoms with Crippen LogP contribution in [-0.4, -0.2) is 24.7 Å². The summed E-state index contributed by atoms with van der Waals surface area (Å²) in [7, 11) is 0. The van der Waals surface area contributed by atoms with Gasteiger partial charge in [0.1, 0.15) is 5.75 Å². The van der Waals surface area contributed by atoms with Crippen molar-refractivity contribution in [3.8, 4) is 5.75 Å². The van der Waals surface area contributed by atoms with Gasteiger partial charge in [0, 0.05) is 17.1 Å². The Labute approximate surface area is 114 Å². The fraction of sp³-hybridized carbons (Fsp3) is 0.438. The summed E-state index contributed by atoms with van der Waals surface area (Å²) in [5.41, 5.74) is 2.02. The molecule has 0 saturated carbocycles. The molecular weight excluding hydrogens is 236 g/mol. The number of fused-ring (bicyclic) bond motifs is 1. The molecule has 0 radical (unpaired) electrons. The summed E-state index contributed by atoms with van der Waals surface area (Å²) in [6, 6.07) is 10.2. The molecule has 1 unspecified atom stereocenters. The van der Waals surface area contributed by atoms with Crippen molar-refractivity contribution in [1.82, 2.24) is 10.3 Å². The van der Waals surface area contributed by atoms with Gasteiger partial charge in [0.25, 0.3) is 0 Å². The first-order valence-electron chi connectivity index (χ1n) is 7.03. The number of hydrogen-bond acceptors (Lipinski definition) is 3. The van der Waals surface area contributed by atoms with Crippen molar-refractivity contribution in [3.05, 3.63) is 36.0 Å². The average molecular weight is 256 g/mol. The Balaban J connectivity index is 1.72. The predicted octanol–water partition coefficient (Wildman–Crippen LogP) is 2.92. The molecule has 0 spiro atoms. The molecule has 2 aromatic rings. The molecule has 100 valence electrons. The maximum absolute atomic E-state index is 5.99. The van der Waals surface area contributed by atoms with Gasteiger partial charge in [0.15, 0.2) is 0 Å². The monoisotopic (exact) mass is 256 g/mol. The molecule has 1 fully saturated rings. The van der Waals surface area contributed by atoms with Crippen LogP contribution in [0, 0.1) is 12.8 Å². The lowest BCUT2D eigenvalue weighted by Gasteiger charge is -2.12. The Kier molecular flexibility index (Phi) is 3.65. The van der Waals surface area contributed by atoms with E-state index >= 15 is 0 Å². The number of rotatable bonds is 4. The molecule has 3 nitrogen and oxygen atoms in total. The molecule has 3 heteroatoms. The molecular formula is C16H20N2O. The molecule has 0 bridgehead atoms. The number of aromatic nitrogens is 1. The van der Waals surface area contributed by atoms with Crippen molar-refractivity contribution in [2.45, 2.75) is 19.8 Å². The van der Waals surface area contributed by atoms with Crippen LogP contribution in [0.2, 0.25) is 0 Å². The van der Waals surface area contributed by atoms with E-state index in [9.17, 15) is 0 Å². The molecule has 1 saturated heterocycles. The smallest absolute Gasteiger partial charge is 0.130 e. The second-order valence-electron chi connectivity index (χ2n) is 5.27. The first-order valence-corrected chi connectivity index (χ1v) is 7.03. The summed E-state index contributed by atoms with van der Waals surface area (Å²) >= 11 is 0. The predicted molar refractivity (Wildman–Crippen MR) is 77.6 cm³/mol. The molecule has 2 heterocycles. The minimum atomic E-state index is 0.772. The van der Waals surface area contributed by atoms with Crippen LogP contribution in [0.3, 0.4) is 0 Å². The van der Waals surface area contributed by atoms with Crippen LogP contribution in [0.1, 0.15) is 18.5 Å². The molecule has 1 aliphatic heterocycles. The summed E-state index contributed by atoms with van der Waals surface area (Å²) in [5, 5.41) is 4.50. The van der Waals surface area contributed by atoms with Crippen LogP contribution in [0.25, 0.3) is 10.9 Å². The van der Waals surface area contributed by atoms with Crippen LogP contribution in [-0.2, 0) is 0 Å². The van der Waals surface area contributed by atoms with Gasteiger partial charge in [-0.3, -0.25) is 4.98 Å². The molecule has 0 amide bonds. The summed E-state index contributed by atoms with van der Waals surface area (Å²) in [4.78, 5) is 4.53. The van der Waals surface area contributed by atoms with E-state index in [0.29, 0.717) is 0 Å². The zero-order chi connectivity index (χ0) is 13.1. The van der Waals surface area contributed by atoms with Crippen LogP contribution in [0.4, 0.5) is 0 Å². The van der Waals surface area contributed by atoms with E-state index in [-0.39, 0.29) is 0 Å². The highest BCUT2D eigenvalue weighted by Gasteiger charge is 2.14. The van der Waals surface area contributed by atoms with Gasteiger partial charge in [-0.25, -0.2) is 0 Å². The summed E-state index contributed by atoms with van der Waals surface area (Å²) in [6.45, 7) is 5.10. The lowest BCUT2D eigenvalue weighted by atomic mass is 10.1. The SMILES string of the molecule is Cc1cc(OCCC2CCNC2)c2ccccc2n1. The number of para-hydroxylation sites is 1. The highest BCUT2D eigenvalue weighted by Crippen LogP contribution is 2.25. The maximum Gasteiger partial charge on any atom is 0.130 e. The third-order valence-electron chi connectivity index (χ3n) is 3.75. The number of pyridine rings is 1. The quantitative estimate of drug-likeness (QED) is 0.913. The summed E-state index contributed by atoms with van der Waals surface area (Å²) in [6.07, 6.45) is 2.40. The first-order chi connectivity index (χ1) is 9.33. The fourth-order valence-electron chi connectivity index (χ4n) is 2.69. The molecule has 1 aromatic heterocycles. The largest absolute Gasteiger partial charge is 0.493 e. The molecule has 3 rings (SSSR count). The van der Waals surface area contributed by atoms with Crippen LogP contribution < -0.4 is 10.1 Å². The van der Waals surface area contributed by atoms with Crippen molar-refractivity contribution in [2.24, 2.45) is 5.92 Å². The van der Waals surface area contributed by atoms with Gasteiger partial charge in [0.2, 0.25) is 0 Å². The maximum atomic E-state index is 5.99. The van der Waals surface area contributed by atoms with Crippen LogP contribution in [0.15, 0.2) is 30.3 Å². The lowest BCUT2D eigenvalue weighted by Crippen LogP contribution is -2.11. The number of aryl methyl sites for hydroxylation is 1. The van der Waals surface area contributed by atoms with Gasteiger partial charge in [-0.15, -0.1) is 0 Å². The third kappa shape index (κ3) is 2.87. The number of ether oxygens (including phenoxy) is 1. The molecule has 1 atom stereocenters. The van der Waals surface area contributed by atoms with Gasteiger partial charge in [-0.2, -0.15) is 0 Å². The number of nitrogens with one attached hydrogen (secondary N) is 1. The van der Waals surface area contributed by atoms with Gasteiger partial charge in [-0.1, -0.05) is 12.1 Å². The van der Waals surface area contributed by atoms with Crippen molar-refractivity contribution < 1.29 is 4.74 Å². The van der Waals surface area contributed by atoms with Gasteiger partial charge < -0.3 is 10.1 Å². The molecule has 19 heavy (non-hydrogen) atoms. The Morgan fingerprint density at radius 2 is 2.26 bits per heavy atom. The topological polar surface area (TPSA) is 34.1 Å². The van der Waals surface area contributed by atoms with E-state index in [4.69, 9.17) is 4.74 Å². The van der Waals surface area contributed by atoms with Gasteiger partial charge in [-0.05, 0) is 50.9 Å². The van der Waals surface area contributed by atoms with Crippen LogP contribution in [0.5, 0.6) is 5.75 Å². The average Bonchev–Trinajstić information content (AvgIpc) is 2.91. The van der Waals surface area contributed by atoms with E-state index in [2.05, 4.69) is 16.4 Å². The third-order valence-corrected chi connectivity index (χ3v) is 3.75. The van der Waals surface area contributed by atoms with Gasteiger partial charge >= 0.3 is 0 Å². The molecule has 0 aliphatic carbocycles. The Morgan fingerprint density at radius 1 is 1.37 bits per heavy atom.